The Morgan fingerprint density at radius 3 is 3.10 bits per heavy atom. The van der Waals surface area contributed by atoms with E-state index in [1.807, 2.05) is 19.3 Å². The first-order valence-electron chi connectivity index (χ1n) is 7.09. The van der Waals surface area contributed by atoms with Crippen molar-refractivity contribution >= 4 is 16.9 Å². The third-order valence-corrected chi connectivity index (χ3v) is 4.31. The summed E-state index contributed by atoms with van der Waals surface area (Å²) in [4.78, 5) is 11.9. The molecular formula is C15H21N5. The summed E-state index contributed by atoms with van der Waals surface area (Å²) in [5, 5.41) is 3.37. The Kier molecular flexibility index (Phi) is 3.44. The molecule has 5 heteroatoms. The Labute approximate surface area is 118 Å². The van der Waals surface area contributed by atoms with Crippen molar-refractivity contribution in [3.05, 3.63) is 30.5 Å². The van der Waals surface area contributed by atoms with E-state index in [1.165, 1.54) is 12.8 Å². The molecule has 106 valence electrons. The van der Waals surface area contributed by atoms with Crippen LogP contribution in [0.1, 0.15) is 19.3 Å². The summed E-state index contributed by atoms with van der Waals surface area (Å²) in [5.74, 6) is 0.499. The minimum absolute atomic E-state index is 0.499. The highest BCUT2D eigenvalue weighted by Gasteiger charge is 2.27. The molecule has 1 aliphatic rings. The van der Waals surface area contributed by atoms with Crippen LogP contribution in [0.2, 0.25) is 0 Å². The molecule has 1 fully saturated rings. The monoisotopic (exact) mass is 271 g/mol. The Balaban J connectivity index is 2.05. The summed E-state index contributed by atoms with van der Waals surface area (Å²) in [6.45, 7) is 4.35. The second-order valence-electron chi connectivity index (χ2n) is 5.37. The van der Waals surface area contributed by atoms with Crippen molar-refractivity contribution in [2.24, 2.45) is 10.9 Å². The van der Waals surface area contributed by atoms with Gasteiger partial charge in [-0.1, -0.05) is 6.58 Å². The topological polar surface area (TPSA) is 58.0 Å². The van der Waals surface area contributed by atoms with Crippen LogP contribution in [-0.4, -0.2) is 34.7 Å². The lowest BCUT2D eigenvalue weighted by atomic mass is 10.0. The van der Waals surface area contributed by atoms with E-state index in [9.17, 15) is 0 Å². The molecule has 2 aromatic heterocycles. The molecule has 0 spiro atoms. The maximum atomic E-state index is 4.39. The van der Waals surface area contributed by atoms with Gasteiger partial charge in [0.1, 0.15) is 0 Å². The molecule has 1 aliphatic carbocycles. The minimum Gasteiger partial charge on any atom is -0.345 e. The number of nitrogens with one attached hydrogen (secondary N) is 2. The molecule has 0 amide bonds. The lowest BCUT2D eigenvalue weighted by molar-refractivity contribution is 0.563. The third-order valence-electron chi connectivity index (χ3n) is 4.31. The number of hydrogen-bond donors (Lipinski definition) is 2. The van der Waals surface area contributed by atoms with Gasteiger partial charge < -0.3 is 10.3 Å². The van der Waals surface area contributed by atoms with Crippen LogP contribution < -0.4 is 10.8 Å². The SMILES string of the molecule is C=C([C@@H]1CC[C@H](NC)C1)n1c(=NC)cnc2[nH]ccc21. The molecule has 2 aromatic rings. The quantitative estimate of drug-likeness (QED) is 0.893. The van der Waals surface area contributed by atoms with E-state index < -0.39 is 0 Å². The number of fused-ring (bicyclic) bond motifs is 1. The van der Waals surface area contributed by atoms with Crippen LogP contribution in [0.4, 0.5) is 0 Å². The van der Waals surface area contributed by atoms with Crippen LogP contribution in [0.25, 0.3) is 16.9 Å². The van der Waals surface area contributed by atoms with E-state index in [2.05, 4.69) is 31.4 Å². The largest absolute Gasteiger partial charge is 0.345 e. The molecule has 2 N–H and O–H groups in total. The number of allylic oxidation sites excluding steroid dienone is 1. The first kappa shape index (κ1) is 13.1. The number of aromatic nitrogens is 3. The maximum absolute atomic E-state index is 4.39. The molecule has 0 aliphatic heterocycles. The van der Waals surface area contributed by atoms with Gasteiger partial charge in [0.15, 0.2) is 11.1 Å². The molecule has 0 bridgehead atoms. The average molecular weight is 271 g/mol. The normalized spacial score (nSPS) is 23.6. The zero-order valence-corrected chi connectivity index (χ0v) is 12.1. The highest BCUT2D eigenvalue weighted by Crippen LogP contribution is 2.33. The maximum Gasteiger partial charge on any atom is 0.154 e. The van der Waals surface area contributed by atoms with Gasteiger partial charge in [0.2, 0.25) is 0 Å². The molecule has 0 saturated heterocycles. The lowest BCUT2D eigenvalue weighted by Gasteiger charge is -2.18. The van der Waals surface area contributed by atoms with Crippen molar-refractivity contribution in [2.45, 2.75) is 25.3 Å². The van der Waals surface area contributed by atoms with Crippen LogP contribution in [0, 0.1) is 5.92 Å². The average Bonchev–Trinajstić information content (AvgIpc) is 3.13. The van der Waals surface area contributed by atoms with Crippen molar-refractivity contribution in [1.82, 2.24) is 19.9 Å². The smallest absolute Gasteiger partial charge is 0.154 e. The molecule has 0 radical (unpaired) electrons. The van der Waals surface area contributed by atoms with Crippen LogP contribution >= 0.6 is 0 Å². The van der Waals surface area contributed by atoms with E-state index in [0.717, 1.165) is 28.8 Å². The summed E-state index contributed by atoms with van der Waals surface area (Å²) >= 11 is 0. The predicted molar refractivity (Wildman–Crippen MR) is 81.1 cm³/mol. The number of hydrogen-bond acceptors (Lipinski definition) is 3. The van der Waals surface area contributed by atoms with E-state index in [-0.39, 0.29) is 0 Å². The van der Waals surface area contributed by atoms with Gasteiger partial charge >= 0.3 is 0 Å². The molecule has 0 unspecified atom stereocenters. The van der Waals surface area contributed by atoms with Crippen molar-refractivity contribution in [3.63, 3.8) is 0 Å². The van der Waals surface area contributed by atoms with Gasteiger partial charge in [-0.2, -0.15) is 0 Å². The van der Waals surface area contributed by atoms with E-state index in [1.54, 1.807) is 13.2 Å². The first-order valence-corrected chi connectivity index (χ1v) is 7.09. The summed E-state index contributed by atoms with van der Waals surface area (Å²) in [5.41, 5.74) is 3.90. The second-order valence-corrected chi connectivity index (χ2v) is 5.37. The Bertz CT molecular complexity index is 694. The highest BCUT2D eigenvalue weighted by molar-refractivity contribution is 5.75. The second kappa shape index (κ2) is 5.25. The first-order chi connectivity index (χ1) is 9.74. The molecular weight excluding hydrogens is 250 g/mol. The molecule has 1 saturated carbocycles. The van der Waals surface area contributed by atoms with E-state index in [0.29, 0.717) is 12.0 Å². The van der Waals surface area contributed by atoms with Gasteiger partial charge in [0, 0.05) is 30.9 Å². The third kappa shape index (κ3) is 2.08. The number of H-pyrrole nitrogens is 1. The fourth-order valence-corrected chi connectivity index (χ4v) is 3.13. The summed E-state index contributed by atoms with van der Waals surface area (Å²) in [6, 6.07) is 2.63. The van der Waals surface area contributed by atoms with E-state index in [4.69, 9.17) is 0 Å². The zero-order chi connectivity index (χ0) is 14.1. The van der Waals surface area contributed by atoms with Gasteiger partial charge in [-0.05, 0) is 32.4 Å². The summed E-state index contributed by atoms with van der Waals surface area (Å²) in [7, 11) is 3.83. The van der Waals surface area contributed by atoms with Crippen LogP contribution in [0.3, 0.4) is 0 Å². The molecule has 2 heterocycles. The molecule has 0 aromatic carbocycles. The van der Waals surface area contributed by atoms with Crippen LogP contribution in [0.15, 0.2) is 30.0 Å². The van der Waals surface area contributed by atoms with Gasteiger partial charge in [0.25, 0.3) is 0 Å². The summed E-state index contributed by atoms with van der Waals surface area (Å²) in [6.07, 6.45) is 7.23. The van der Waals surface area contributed by atoms with Crippen LogP contribution in [0.5, 0.6) is 0 Å². The van der Waals surface area contributed by atoms with Crippen molar-refractivity contribution in [3.8, 4) is 0 Å². The number of nitrogens with zero attached hydrogens (tertiary/aromatic N) is 3. The minimum atomic E-state index is 0.499. The molecule has 3 rings (SSSR count). The Hall–Kier alpha value is -1.88. The van der Waals surface area contributed by atoms with Crippen molar-refractivity contribution in [1.29, 1.82) is 0 Å². The fraction of sp³-hybridized carbons (Fsp3) is 0.467. The molecule has 5 nitrogen and oxygen atoms in total. The van der Waals surface area contributed by atoms with Gasteiger partial charge in [-0.15, -0.1) is 0 Å². The number of rotatable bonds is 3. The molecule has 20 heavy (non-hydrogen) atoms. The number of aromatic amines is 1. The summed E-state index contributed by atoms with van der Waals surface area (Å²) < 4.78 is 2.14. The highest BCUT2D eigenvalue weighted by atomic mass is 15.1. The van der Waals surface area contributed by atoms with Crippen molar-refractivity contribution in [2.75, 3.05) is 14.1 Å². The van der Waals surface area contributed by atoms with Gasteiger partial charge in [-0.3, -0.25) is 9.56 Å². The fourth-order valence-electron chi connectivity index (χ4n) is 3.13. The Morgan fingerprint density at radius 1 is 1.55 bits per heavy atom. The van der Waals surface area contributed by atoms with Gasteiger partial charge in [-0.25, -0.2) is 4.98 Å². The Morgan fingerprint density at radius 2 is 2.40 bits per heavy atom. The van der Waals surface area contributed by atoms with Crippen molar-refractivity contribution < 1.29 is 0 Å². The van der Waals surface area contributed by atoms with E-state index >= 15 is 0 Å². The standard InChI is InChI=1S/C15H21N5/c1-10(11-4-5-12(8-11)16-2)20-13-6-7-18-15(13)19-9-14(20)17-3/h6-7,9,11-12,16,18H,1,4-5,8H2,2-3H3/t11-,12+/m1/s1. The predicted octanol–water partition coefficient (Wildman–Crippen LogP) is 1.75. The lowest BCUT2D eigenvalue weighted by Crippen LogP contribution is -2.25. The molecule has 2 atom stereocenters. The van der Waals surface area contributed by atoms with Crippen LogP contribution in [-0.2, 0) is 0 Å². The zero-order valence-electron chi connectivity index (χ0n) is 12.1. The van der Waals surface area contributed by atoms with Gasteiger partial charge in [0.05, 0.1) is 11.7 Å².